The summed E-state index contributed by atoms with van der Waals surface area (Å²) in [5.41, 5.74) is 2.38. The Labute approximate surface area is 100.0 Å². The van der Waals surface area contributed by atoms with E-state index in [1.165, 1.54) is 0 Å². The molecule has 0 amide bonds. The number of pyridine rings is 2. The van der Waals surface area contributed by atoms with Crippen LogP contribution in [0.25, 0.3) is 0 Å². The van der Waals surface area contributed by atoms with E-state index in [9.17, 15) is 0 Å². The molecule has 4 heteroatoms. The molecule has 0 aromatic carbocycles. The lowest BCUT2D eigenvalue weighted by molar-refractivity contribution is 1.02. The molecule has 0 fully saturated rings. The number of rotatable bonds is 3. The monoisotopic (exact) mass is 224 g/mol. The molecule has 17 heavy (non-hydrogen) atoms. The van der Waals surface area contributed by atoms with Crippen LogP contribution in [0.2, 0.25) is 0 Å². The van der Waals surface area contributed by atoms with Crippen molar-refractivity contribution in [3.8, 4) is 6.07 Å². The Morgan fingerprint density at radius 2 is 2.24 bits per heavy atom. The van der Waals surface area contributed by atoms with Crippen molar-refractivity contribution >= 4 is 5.82 Å². The predicted molar refractivity (Wildman–Crippen MR) is 65.3 cm³/mol. The summed E-state index contributed by atoms with van der Waals surface area (Å²) in [6, 6.07) is 11.4. The first-order chi connectivity index (χ1) is 8.28. The summed E-state index contributed by atoms with van der Waals surface area (Å²) < 4.78 is 0. The van der Waals surface area contributed by atoms with E-state index in [1.54, 1.807) is 18.3 Å². The summed E-state index contributed by atoms with van der Waals surface area (Å²) >= 11 is 0. The second-order valence-corrected chi connectivity index (χ2v) is 3.67. The predicted octanol–water partition coefficient (Wildman–Crippen LogP) is 2.27. The van der Waals surface area contributed by atoms with Crippen molar-refractivity contribution in [2.75, 3.05) is 5.32 Å². The molecule has 2 rings (SSSR count). The third-order valence-corrected chi connectivity index (χ3v) is 2.26. The van der Waals surface area contributed by atoms with E-state index in [4.69, 9.17) is 5.26 Å². The molecule has 2 aromatic heterocycles. The van der Waals surface area contributed by atoms with Gasteiger partial charge in [0.15, 0.2) is 0 Å². The van der Waals surface area contributed by atoms with Crippen LogP contribution in [-0.2, 0) is 6.54 Å². The molecule has 0 unspecified atom stereocenters. The number of anilines is 1. The van der Waals surface area contributed by atoms with Gasteiger partial charge >= 0.3 is 0 Å². The summed E-state index contributed by atoms with van der Waals surface area (Å²) in [6.45, 7) is 2.47. The van der Waals surface area contributed by atoms with E-state index in [0.29, 0.717) is 17.9 Å². The molecule has 2 heterocycles. The van der Waals surface area contributed by atoms with Crippen LogP contribution in [0.4, 0.5) is 5.82 Å². The highest BCUT2D eigenvalue weighted by molar-refractivity contribution is 5.44. The summed E-state index contributed by atoms with van der Waals surface area (Å²) in [7, 11) is 0. The Kier molecular flexibility index (Phi) is 3.31. The molecule has 0 radical (unpaired) electrons. The van der Waals surface area contributed by atoms with E-state index < -0.39 is 0 Å². The van der Waals surface area contributed by atoms with Crippen LogP contribution in [0.1, 0.15) is 17.0 Å². The van der Waals surface area contributed by atoms with Crippen molar-refractivity contribution in [2.45, 2.75) is 13.5 Å². The second kappa shape index (κ2) is 5.08. The molecular formula is C13H12N4. The number of nitrogens with zero attached hydrogens (tertiary/aromatic N) is 3. The van der Waals surface area contributed by atoms with Gasteiger partial charge in [0, 0.05) is 11.9 Å². The second-order valence-electron chi connectivity index (χ2n) is 3.67. The molecule has 0 aliphatic heterocycles. The van der Waals surface area contributed by atoms with Crippen molar-refractivity contribution in [3.05, 3.63) is 53.5 Å². The van der Waals surface area contributed by atoms with Crippen molar-refractivity contribution in [1.29, 1.82) is 5.26 Å². The van der Waals surface area contributed by atoms with Crippen LogP contribution in [0.15, 0.2) is 36.5 Å². The Hall–Kier alpha value is -2.41. The van der Waals surface area contributed by atoms with Gasteiger partial charge in [-0.25, -0.2) is 4.98 Å². The lowest BCUT2D eigenvalue weighted by Crippen LogP contribution is -2.03. The Morgan fingerprint density at radius 1 is 1.35 bits per heavy atom. The fourth-order valence-corrected chi connectivity index (χ4v) is 1.51. The molecule has 2 aromatic rings. The van der Waals surface area contributed by atoms with Gasteiger partial charge < -0.3 is 5.32 Å². The smallest absolute Gasteiger partial charge is 0.127 e. The van der Waals surface area contributed by atoms with Crippen LogP contribution in [0.3, 0.4) is 0 Å². The zero-order valence-corrected chi connectivity index (χ0v) is 9.51. The minimum Gasteiger partial charge on any atom is -0.364 e. The van der Waals surface area contributed by atoms with Gasteiger partial charge in [-0.1, -0.05) is 6.07 Å². The lowest BCUT2D eigenvalue weighted by atomic mass is 10.2. The number of nitriles is 1. The van der Waals surface area contributed by atoms with Gasteiger partial charge in [-0.3, -0.25) is 4.98 Å². The van der Waals surface area contributed by atoms with Crippen LogP contribution in [0.5, 0.6) is 0 Å². The molecule has 0 bridgehead atoms. The third-order valence-electron chi connectivity index (χ3n) is 2.26. The average Bonchev–Trinajstić information content (AvgIpc) is 2.37. The van der Waals surface area contributed by atoms with Gasteiger partial charge in [0.2, 0.25) is 0 Å². The maximum atomic E-state index is 8.85. The molecular weight excluding hydrogens is 212 g/mol. The molecule has 4 nitrogen and oxygen atoms in total. The van der Waals surface area contributed by atoms with Crippen molar-refractivity contribution in [3.63, 3.8) is 0 Å². The van der Waals surface area contributed by atoms with E-state index in [-0.39, 0.29) is 0 Å². The summed E-state index contributed by atoms with van der Waals surface area (Å²) in [5, 5.41) is 12.0. The van der Waals surface area contributed by atoms with Crippen molar-refractivity contribution < 1.29 is 0 Å². The topological polar surface area (TPSA) is 61.6 Å². The standard InChI is InChI=1S/C13H12N4/c1-10-6-11(8-14)7-13(17-10)16-9-12-4-2-3-5-15-12/h2-7H,9H2,1H3,(H,16,17). The van der Waals surface area contributed by atoms with Gasteiger partial charge in [0.1, 0.15) is 5.82 Å². The van der Waals surface area contributed by atoms with E-state index in [0.717, 1.165) is 11.4 Å². The van der Waals surface area contributed by atoms with Gasteiger partial charge in [-0.2, -0.15) is 5.26 Å². The minimum atomic E-state index is 0.599. The van der Waals surface area contributed by atoms with Gasteiger partial charge in [-0.15, -0.1) is 0 Å². The normalized spacial score (nSPS) is 9.65. The average molecular weight is 224 g/mol. The molecule has 0 atom stereocenters. The van der Waals surface area contributed by atoms with E-state index in [1.807, 2.05) is 25.1 Å². The molecule has 1 N–H and O–H groups in total. The first-order valence-corrected chi connectivity index (χ1v) is 5.30. The van der Waals surface area contributed by atoms with E-state index in [2.05, 4.69) is 21.4 Å². The molecule has 0 aliphatic carbocycles. The Bertz CT molecular complexity index is 543. The molecule has 0 saturated heterocycles. The van der Waals surface area contributed by atoms with Crippen molar-refractivity contribution in [2.24, 2.45) is 0 Å². The minimum absolute atomic E-state index is 0.599. The highest BCUT2D eigenvalue weighted by Crippen LogP contribution is 2.10. The van der Waals surface area contributed by atoms with E-state index >= 15 is 0 Å². The number of aryl methyl sites for hydroxylation is 1. The van der Waals surface area contributed by atoms with Crippen LogP contribution >= 0.6 is 0 Å². The largest absolute Gasteiger partial charge is 0.364 e. The van der Waals surface area contributed by atoms with Crippen LogP contribution < -0.4 is 5.32 Å². The Balaban J connectivity index is 2.10. The summed E-state index contributed by atoms with van der Waals surface area (Å²) in [4.78, 5) is 8.51. The molecule has 84 valence electrons. The maximum absolute atomic E-state index is 8.85. The number of hydrogen-bond donors (Lipinski definition) is 1. The molecule has 0 saturated carbocycles. The van der Waals surface area contributed by atoms with Gasteiger partial charge in [0.05, 0.1) is 23.9 Å². The highest BCUT2D eigenvalue weighted by Gasteiger charge is 2.00. The molecule has 0 spiro atoms. The maximum Gasteiger partial charge on any atom is 0.127 e. The van der Waals surface area contributed by atoms with Gasteiger partial charge in [-0.05, 0) is 31.2 Å². The number of nitrogens with one attached hydrogen (secondary N) is 1. The van der Waals surface area contributed by atoms with Crippen LogP contribution in [0, 0.1) is 18.3 Å². The third kappa shape index (κ3) is 3.02. The fraction of sp³-hybridized carbons (Fsp3) is 0.154. The number of hydrogen-bond acceptors (Lipinski definition) is 4. The highest BCUT2D eigenvalue weighted by atomic mass is 15.0. The SMILES string of the molecule is Cc1cc(C#N)cc(NCc2ccccn2)n1. The zero-order valence-electron chi connectivity index (χ0n) is 9.51. The lowest BCUT2D eigenvalue weighted by Gasteiger charge is -2.06. The van der Waals surface area contributed by atoms with Gasteiger partial charge in [0.25, 0.3) is 0 Å². The number of aromatic nitrogens is 2. The molecule has 0 aliphatic rings. The summed E-state index contributed by atoms with van der Waals surface area (Å²) in [6.07, 6.45) is 1.75. The van der Waals surface area contributed by atoms with Crippen LogP contribution in [-0.4, -0.2) is 9.97 Å². The first kappa shape index (κ1) is 11.1. The first-order valence-electron chi connectivity index (χ1n) is 5.30. The summed E-state index contributed by atoms with van der Waals surface area (Å²) in [5.74, 6) is 0.701. The quantitative estimate of drug-likeness (QED) is 0.868. The Morgan fingerprint density at radius 3 is 2.94 bits per heavy atom. The fourth-order valence-electron chi connectivity index (χ4n) is 1.51. The zero-order chi connectivity index (χ0) is 12.1. The van der Waals surface area contributed by atoms with Crippen molar-refractivity contribution in [1.82, 2.24) is 9.97 Å².